The molecule has 0 bridgehead atoms. The first-order valence-corrected chi connectivity index (χ1v) is 8.79. The molecule has 0 radical (unpaired) electrons. The molecule has 2 aromatic carbocycles. The van der Waals surface area contributed by atoms with Gasteiger partial charge in [0.05, 0.1) is 15.4 Å². The highest BCUT2D eigenvalue weighted by molar-refractivity contribution is 7.91. The van der Waals surface area contributed by atoms with E-state index < -0.39 is 15.4 Å². The fourth-order valence-electron chi connectivity index (χ4n) is 2.50. The van der Waals surface area contributed by atoms with Crippen molar-refractivity contribution >= 4 is 32.3 Å². The maximum absolute atomic E-state index is 12.9. The molecule has 23 heavy (non-hydrogen) atoms. The van der Waals surface area contributed by atoms with Crippen LogP contribution in [0.25, 0.3) is 10.9 Å². The molecule has 0 spiro atoms. The number of benzene rings is 2. The van der Waals surface area contributed by atoms with Crippen LogP contribution in [0.3, 0.4) is 0 Å². The summed E-state index contributed by atoms with van der Waals surface area (Å²) in [6.45, 7) is 1.86. The molecule has 0 aliphatic heterocycles. The summed E-state index contributed by atoms with van der Waals surface area (Å²) < 4.78 is 27.1. The quantitative estimate of drug-likeness (QED) is 0.714. The van der Waals surface area contributed by atoms with E-state index in [9.17, 15) is 13.2 Å². The van der Waals surface area contributed by atoms with Crippen molar-refractivity contribution in [1.82, 2.24) is 4.57 Å². The van der Waals surface area contributed by atoms with Gasteiger partial charge in [0.2, 0.25) is 9.84 Å². The second-order valence-electron chi connectivity index (χ2n) is 5.34. The number of para-hydroxylation sites is 1. The SMILES string of the molecule is Cc1ccc(S(=O)(=O)c2c(Cl)c3ccccc3n(C)c2=O)cc1. The molecule has 0 fully saturated rings. The molecule has 0 aliphatic carbocycles. The van der Waals surface area contributed by atoms with Crippen molar-refractivity contribution in [2.75, 3.05) is 0 Å². The lowest BCUT2D eigenvalue weighted by molar-refractivity contribution is 0.594. The van der Waals surface area contributed by atoms with Crippen LogP contribution < -0.4 is 5.56 Å². The third-order valence-corrected chi connectivity index (χ3v) is 6.11. The fourth-order valence-corrected chi connectivity index (χ4v) is 4.49. The third kappa shape index (κ3) is 2.46. The van der Waals surface area contributed by atoms with Crippen LogP contribution in [-0.4, -0.2) is 13.0 Å². The minimum atomic E-state index is -4.00. The average Bonchev–Trinajstić information content (AvgIpc) is 2.53. The largest absolute Gasteiger partial charge is 0.310 e. The van der Waals surface area contributed by atoms with Crippen molar-refractivity contribution in [2.24, 2.45) is 7.05 Å². The lowest BCUT2D eigenvalue weighted by Crippen LogP contribution is -2.25. The molecule has 4 nitrogen and oxygen atoms in total. The Bertz CT molecular complexity index is 1070. The zero-order valence-corrected chi connectivity index (χ0v) is 14.1. The van der Waals surface area contributed by atoms with Crippen molar-refractivity contribution in [2.45, 2.75) is 16.7 Å². The predicted molar refractivity (Wildman–Crippen MR) is 90.8 cm³/mol. The monoisotopic (exact) mass is 347 g/mol. The van der Waals surface area contributed by atoms with Gasteiger partial charge in [-0.2, -0.15) is 0 Å². The highest BCUT2D eigenvalue weighted by atomic mass is 35.5. The van der Waals surface area contributed by atoms with Gasteiger partial charge in [0.15, 0.2) is 4.90 Å². The Morgan fingerprint density at radius 3 is 2.26 bits per heavy atom. The van der Waals surface area contributed by atoms with Gasteiger partial charge in [-0.05, 0) is 25.1 Å². The highest BCUT2D eigenvalue weighted by Gasteiger charge is 2.27. The first kappa shape index (κ1) is 15.8. The van der Waals surface area contributed by atoms with Crippen LogP contribution >= 0.6 is 11.6 Å². The first-order chi connectivity index (χ1) is 10.8. The summed E-state index contributed by atoms with van der Waals surface area (Å²) in [7, 11) is -2.46. The lowest BCUT2D eigenvalue weighted by Gasteiger charge is -2.12. The summed E-state index contributed by atoms with van der Waals surface area (Å²) >= 11 is 6.29. The summed E-state index contributed by atoms with van der Waals surface area (Å²) in [5, 5.41) is 0.492. The Morgan fingerprint density at radius 1 is 1.00 bits per heavy atom. The average molecular weight is 348 g/mol. The van der Waals surface area contributed by atoms with Gasteiger partial charge in [0.25, 0.3) is 5.56 Å². The van der Waals surface area contributed by atoms with Crippen LogP contribution in [0.15, 0.2) is 63.1 Å². The van der Waals surface area contributed by atoms with Crippen LogP contribution in [0, 0.1) is 6.92 Å². The summed E-state index contributed by atoms with van der Waals surface area (Å²) in [5.74, 6) is 0. The number of pyridine rings is 1. The maximum Gasteiger partial charge on any atom is 0.271 e. The smallest absolute Gasteiger partial charge is 0.271 e. The molecule has 1 aromatic heterocycles. The molecule has 1 heterocycles. The summed E-state index contributed by atoms with van der Waals surface area (Å²) in [6.07, 6.45) is 0. The number of sulfone groups is 1. The Kier molecular flexibility index (Phi) is 3.78. The van der Waals surface area contributed by atoms with E-state index in [1.165, 1.54) is 23.7 Å². The van der Waals surface area contributed by atoms with E-state index >= 15 is 0 Å². The normalized spacial score (nSPS) is 11.8. The number of aromatic nitrogens is 1. The van der Waals surface area contributed by atoms with E-state index in [0.29, 0.717) is 10.9 Å². The molecular formula is C17H14ClNO3S. The molecule has 0 atom stereocenters. The summed E-state index contributed by atoms with van der Waals surface area (Å²) in [4.78, 5) is 12.3. The van der Waals surface area contributed by atoms with E-state index in [1.807, 2.05) is 6.92 Å². The zero-order chi connectivity index (χ0) is 16.8. The maximum atomic E-state index is 12.9. The molecule has 3 aromatic rings. The standard InChI is InChI=1S/C17H14ClNO3S/c1-11-7-9-12(10-8-11)23(21,22)16-15(18)13-5-3-4-6-14(13)19(2)17(16)20/h3-10H,1-2H3. The first-order valence-electron chi connectivity index (χ1n) is 6.93. The van der Waals surface area contributed by atoms with E-state index in [-0.39, 0.29) is 14.8 Å². The van der Waals surface area contributed by atoms with Gasteiger partial charge >= 0.3 is 0 Å². The van der Waals surface area contributed by atoms with E-state index in [1.54, 1.807) is 36.4 Å². The Balaban J connectivity index is 2.40. The molecule has 0 saturated carbocycles. The number of hydrogen-bond acceptors (Lipinski definition) is 3. The van der Waals surface area contributed by atoms with Crippen LogP contribution in [-0.2, 0) is 16.9 Å². The van der Waals surface area contributed by atoms with Gasteiger partial charge < -0.3 is 4.57 Å². The highest BCUT2D eigenvalue weighted by Crippen LogP contribution is 2.30. The third-order valence-electron chi connectivity index (χ3n) is 3.80. The van der Waals surface area contributed by atoms with Gasteiger partial charge in [-0.15, -0.1) is 0 Å². The Morgan fingerprint density at radius 2 is 1.61 bits per heavy atom. The van der Waals surface area contributed by atoms with Crippen molar-refractivity contribution in [3.8, 4) is 0 Å². The minimum Gasteiger partial charge on any atom is -0.310 e. The molecule has 0 unspecified atom stereocenters. The molecule has 0 N–H and O–H groups in total. The number of nitrogens with zero attached hydrogens (tertiary/aromatic N) is 1. The van der Waals surface area contributed by atoms with Gasteiger partial charge in [-0.3, -0.25) is 4.79 Å². The zero-order valence-electron chi connectivity index (χ0n) is 12.6. The molecule has 0 amide bonds. The summed E-state index contributed by atoms with van der Waals surface area (Å²) in [6, 6.07) is 13.3. The van der Waals surface area contributed by atoms with Gasteiger partial charge in [-0.25, -0.2) is 8.42 Å². The van der Waals surface area contributed by atoms with Crippen molar-refractivity contribution in [3.63, 3.8) is 0 Å². The van der Waals surface area contributed by atoms with Gasteiger partial charge in [-0.1, -0.05) is 47.5 Å². The minimum absolute atomic E-state index is 0.0377. The summed E-state index contributed by atoms with van der Waals surface area (Å²) in [5.41, 5.74) is 0.890. The van der Waals surface area contributed by atoms with E-state index in [4.69, 9.17) is 11.6 Å². The van der Waals surface area contributed by atoms with Crippen molar-refractivity contribution in [1.29, 1.82) is 0 Å². The van der Waals surface area contributed by atoms with Gasteiger partial charge in [0, 0.05) is 12.4 Å². The number of halogens is 1. The molecule has 0 aliphatic rings. The van der Waals surface area contributed by atoms with E-state index in [2.05, 4.69) is 0 Å². The van der Waals surface area contributed by atoms with Crippen LogP contribution in [0.2, 0.25) is 5.02 Å². The number of rotatable bonds is 2. The second-order valence-corrected chi connectivity index (χ2v) is 7.61. The van der Waals surface area contributed by atoms with Gasteiger partial charge in [0.1, 0.15) is 0 Å². The Hall–Kier alpha value is -2.11. The molecular weight excluding hydrogens is 334 g/mol. The number of hydrogen-bond donors (Lipinski definition) is 0. The number of aryl methyl sites for hydroxylation is 2. The van der Waals surface area contributed by atoms with Crippen LogP contribution in [0.4, 0.5) is 0 Å². The predicted octanol–water partition coefficient (Wildman–Crippen LogP) is 3.33. The number of fused-ring (bicyclic) bond motifs is 1. The molecule has 118 valence electrons. The topological polar surface area (TPSA) is 56.1 Å². The van der Waals surface area contributed by atoms with Crippen molar-refractivity contribution < 1.29 is 8.42 Å². The molecule has 3 rings (SSSR count). The lowest BCUT2D eigenvalue weighted by atomic mass is 10.2. The van der Waals surface area contributed by atoms with E-state index in [0.717, 1.165) is 5.56 Å². The molecule has 6 heteroatoms. The second kappa shape index (κ2) is 5.51. The van der Waals surface area contributed by atoms with Crippen LogP contribution in [0.1, 0.15) is 5.56 Å². The Labute approximate surface area is 138 Å². The van der Waals surface area contributed by atoms with Crippen molar-refractivity contribution in [3.05, 3.63) is 69.5 Å². The fraction of sp³-hybridized carbons (Fsp3) is 0.118. The molecule has 0 saturated heterocycles. The van der Waals surface area contributed by atoms with Crippen LogP contribution in [0.5, 0.6) is 0 Å².